The standard InChI is InChI=1S/C5H8BrNO/c1-2-5(8)7-4-3-6/h2H,1,3-4H2,(H,7,8). The Balaban J connectivity index is 3.11. The molecule has 0 radical (unpaired) electrons. The van der Waals surface area contributed by atoms with Crippen LogP contribution in [0.15, 0.2) is 12.7 Å². The van der Waals surface area contributed by atoms with Crippen LogP contribution >= 0.6 is 15.9 Å². The van der Waals surface area contributed by atoms with E-state index in [9.17, 15) is 4.79 Å². The van der Waals surface area contributed by atoms with Crippen LogP contribution in [-0.2, 0) is 4.79 Å². The first kappa shape index (κ1) is 7.69. The molecule has 0 heterocycles. The van der Waals surface area contributed by atoms with E-state index in [4.69, 9.17) is 0 Å². The molecule has 0 fully saturated rings. The molecule has 0 aromatic rings. The fourth-order valence-electron chi connectivity index (χ4n) is 0.243. The van der Waals surface area contributed by atoms with Gasteiger partial charge in [-0.25, -0.2) is 0 Å². The molecular formula is C5H8BrNO. The van der Waals surface area contributed by atoms with Crippen LogP contribution in [0.2, 0.25) is 0 Å². The molecule has 0 aliphatic heterocycles. The first-order valence-electron chi connectivity index (χ1n) is 2.27. The number of halogens is 1. The Morgan fingerprint density at radius 2 is 2.50 bits per heavy atom. The van der Waals surface area contributed by atoms with Gasteiger partial charge in [0.1, 0.15) is 0 Å². The highest BCUT2D eigenvalue weighted by molar-refractivity contribution is 9.09. The van der Waals surface area contributed by atoms with Gasteiger partial charge >= 0.3 is 0 Å². The SMILES string of the molecule is C=CC(=O)NCCBr. The van der Waals surface area contributed by atoms with Gasteiger partial charge in [-0.3, -0.25) is 4.79 Å². The maximum absolute atomic E-state index is 10.3. The molecule has 1 N–H and O–H groups in total. The van der Waals surface area contributed by atoms with E-state index in [-0.39, 0.29) is 5.91 Å². The van der Waals surface area contributed by atoms with Crippen LogP contribution < -0.4 is 5.32 Å². The van der Waals surface area contributed by atoms with Crippen molar-refractivity contribution in [3.05, 3.63) is 12.7 Å². The van der Waals surface area contributed by atoms with Gasteiger partial charge in [0.2, 0.25) is 5.91 Å². The van der Waals surface area contributed by atoms with E-state index < -0.39 is 0 Å². The second-order valence-electron chi connectivity index (χ2n) is 1.18. The van der Waals surface area contributed by atoms with E-state index in [1.165, 1.54) is 6.08 Å². The van der Waals surface area contributed by atoms with Crippen LogP contribution in [0.5, 0.6) is 0 Å². The number of nitrogens with one attached hydrogen (secondary N) is 1. The third-order valence-corrected chi connectivity index (χ3v) is 0.976. The molecule has 0 aromatic heterocycles. The Bertz CT molecular complexity index is 92.4. The average molecular weight is 178 g/mol. The van der Waals surface area contributed by atoms with Gasteiger partial charge in [0.05, 0.1) is 0 Å². The number of amides is 1. The van der Waals surface area contributed by atoms with Crippen molar-refractivity contribution in [1.29, 1.82) is 0 Å². The van der Waals surface area contributed by atoms with Crippen molar-refractivity contribution in [2.24, 2.45) is 0 Å². The first-order chi connectivity index (χ1) is 3.81. The van der Waals surface area contributed by atoms with Crippen molar-refractivity contribution in [1.82, 2.24) is 5.32 Å². The van der Waals surface area contributed by atoms with Crippen LogP contribution in [-0.4, -0.2) is 17.8 Å². The van der Waals surface area contributed by atoms with Crippen LogP contribution in [0, 0.1) is 0 Å². The van der Waals surface area contributed by atoms with Gasteiger partial charge in [0.15, 0.2) is 0 Å². The van der Waals surface area contributed by atoms with Crippen molar-refractivity contribution in [3.8, 4) is 0 Å². The first-order valence-corrected chi connectivity index (χ1v) is 3.39. The second-order valence-corrected chi connectivity index (χ2v) is 1.98. The predicted octanol–water partition coefficient (Wildman–Crippen LogP) is 0.683. The van der Waals surface area contributed by atoms with E-state index in [0.29, 0.717) is 6.54 Å². The molecule has 0 aliphatic rings. The Morgan fingerprint density at radius 3 is 2.88 bits per heavy atom. The van der Waals surface area contributed by atoms with Crippen LogP contribution in [0.25, 0.3) is 0 Å². The zero-order valence-corrected chi connectivity index (χ0v) is 6.07. The molecule has 0 saturated heterocycles. The number of carbonyl (C=O) groups is 1. The normalized spacial score (nSPS) is 8.12. The monoisotopic (exact) mass is 177 g/mol. The van der Waals surface area contributed by atoms with Crippen molar-refractivity contribution in [3.63, 3.8) is 0 Å². The number of alkyl halides is 1. The molecule has 0 bridgehead atoms. The summed E-state index contributed by atoms with van der Waals surface area (Å²) < 4.78 is 0. The molecule has 0 atom stereocenters. The highest BCUT2D eigenvalue weighted by Crippen LogP contribution is 1.74. The quantitative estimate of drug-likeness (QED) is 0.499. The number of rotatable bonds is 3. The molecule has 0 rings (SSSR count). The van der Waals surface area contributed by atoms with E-state index >= 15 is 0 Å². The van der Waals surface area contributed by atoms with Crippen molar-refractivity contribution < 1.29 is 4.79 Å². The summed E-state index contributed by atoms with van der Waals surface area (Å²) in [6.07, 6.45) is 1.25. The maximum atomic E-state index is 10.3. The summed E-state index contributed by atoms with van der Waals surface area (Å²) in [6.45, 7) is 3.94. The minimum Gasteiger partial charge on any atom is -0.352 e. The molecule has 2 nitrogen and oxygen atoms in total. The minimum atomic E-state index is -0.121. The molecular weight excluding hydrogens is 170 g/mol. The van der Waals surface area contributed by atoms with Crippen molar-refractivity contribution in [2.75, 3.05) is 11.9 Å². The molecule has 0 spiro atoms. The Morgan fingerprint density at radius 1 is 1.88 bits per heavy atom. The molecule has 3 heteroatoms. The van der Waals surface area contributed by atoms with Gasteiger partial charge in [0, 0.05) is 11.9 Å². The summed E-state index contributed by atoms with van der Waals surface area (Å²) in [4.78, 5) is 10.3. The van der Waals surface area contributed by atoms with Crippen molar-refractivity contribution >= 4 is 21.8 Å². The average Bonchev–Trinajstić information content (AvgIpc) is 1.83. The lowest BCUT2D eigenvalue weighted by molar-refractivity contribution is -0.116. The van der Waals surface area contributed by atoms with Gasteiger partial charge in [-0.1, -0.05) is 22.5 Å². The summed E-state index contributed by atoms with van der Waals surface area (Å²) in [5.74, 6) is -0.121. The summed E-state index contributed by atoms with van der Waals surface area (Å²) in [5, 5.41) is 3.36. The number of carbonyl (C=O) groups excluding carboxylic acids is 1. The molecule has 0 saturated carbocycles. The zero-order valence-electron chi connectivity index (χ0n) is 4.48. The molecule has 0 unspecified atom stereocenters. The Kier molecular flexibility index (Phi) is 4.65. The molecule has 0 aliphatic carbocycles. The second kappa shape index (κ2) is 4.84. The van der Waals surface area contributed by atoms with Crippen molar-refractivity contribution in [2.45, 2.75) is 0 Å². The molecule has 1 amide bonds. The summed E-state index contributed by atoms with van der Waals surface area (Å²) in [5.41, 5.74) is 0. The summed E-state index contributed by atoms with van der Waals surface area (Å²) >= 11 is 3.16. The molecule has 0 aromatic carbocycles. The lowest BCUT2D eigenvalue weighted by Crippen LogP contribution is -2.22. The van der Waals surface area contributed by atoms with Crippen LogP contribution in [0.1, 0.15) is 0 Å². The lowest BCUT2D eigenvalue weighted by Gasteiger charge is -1.93. The Labute approximate surface area is 57.1 Å². The molecule has 46 valence electrons. The highest BCUT2D eigenvalue weighted by atomic mass is 79.9. The third-order valence-electron chi connectivity index (χ3n) is 0.579. The van der Waals surface area contributed by atoms with E-state index in [2.05, 4.69) is 27.8 Å². The van der Waals surface area contributed by atoms with E-state index in [0.717, 1.165) is 5.33 Å². The molecule has 8 heavy (non-hydrogen) atoms. The van der Waals surface area contributed by atoms with Crippen LogP contribution in [0.3, 0.4) is 0 Å². The van der Waals surface area contributed by atoms with Gasteiger partial charge in [-0.2, -0.15) is 0 Å². The zero-order chi connectivity index (χ0) is 6.41. The predicted molar refractivity (Wildman–Crippen MR) is 37.0 cm³/mol. The minimum absolute atomic E-state index is 0.121. The number of hydrogen-bond donors (Lipinski definition) is 1. The van der Waals surface area contributed by atoms with Gasteiger partial charge in [-0.05, 0) is 6.08 Å². The fraction of sp³-hybridized carbons (Fsp3) is 0.400. The topological polar surface area (TPSA) is 29.1 Å². The lowest BCUT2D eigenvalue weighted by atomic mass is 10.6. The Hall–Kier alpha value is -0.310. The van der Waals surface area contributed by atoms with E-state index in [1.807, 2.05) is 0 Å². The van der Waals surface area contributed by atoms with Gasteiger partial charge < -0.3 is 5.32 Å². The summed E-state index contributed by atoms with van der Waals surface area (Å²) in [6, 6.07) is 0. The third kappa shape index (κ3) is 3.87. The summed E-state index contributed by atoms with van der Waals surface area (Å²) in [7, 11) is 0. The van der Waals surface area contributed by atoms with E-state index in [1.54, 1.807) is 0 Å². The maximum Gasteiger partial charge on any atom is 0.243 e. The fourth-order valence-corrected chi connectivity index (χ4v) is 0.441. The number of hydrogen-bond acceptors (Lipinski definition) is 1. The van der Waals surface area contributed by atoms with Gasteiger partial charge in [-0.15, -0.1) is 0 Å². The van der Waals surface area contributed by atoms with Gasteiger partial charge in [0.25, 0.3) is 0 Å². The largest absolute Gasteiger partial charge is 0.352 e. The van der Waals surface area contributed by atoms with Crippen LogP contribution in [0.4, 0.5) is 0 Å². The highest BCUT2D eigenvalue weighted by Gasteiger charge is 1.87. The smallest absolute Gasteiger partial charge is 0.243 e.